The van der Waals surface area contributed by atoms with E-state index in [-0.39, 0.29) is 11.9 Å². The summed E-state index contributed by atoms with van der Waals surface area (Å²) in [5.41, 5.74) is -0.445. The molecule has 0 radical (unpaired) electrons. The van der Waals surface area contributed by atoms with Crippen molar-refractivity contribution in [1.82, 2.24) is 14.8 Å². The molecule has 6 heteroatoms. The number of nitrogens with zero attached hydrogens (tertiary/aromatic N) is 3. The number of fused-ring (bicyclic) bond motifs is 1. The van der Waals surface area contributed by atoms with E-state index in [1.807, 2.05) is 20.8 Å². The topological polar surface area (TPSA) is 69.0 Å². The van der Waals surface area contributed by atoms with Crippen molar-refractivity contribution >= 4 is 11.9 Å². The Bertz CT molecular complexity index is 394. The first-order chi connectivity index (χ1) is 7.46. The number of ether oxygens (including phenoxy) is 1. The van der Waals surface area contributed by atoms with Gasteiger partial charge in [-0.25, -0.2) is 4.68 Å². The summed E-state index contributed by atoms with van der Waals surface area (Å²) < 4.78 is 7.01. The van der Waals surface area contributed by atoms with E-state index in [1.165, 1.54) is 6.33 Å². The number of aromatic nitrogens is 3. The Hall–Kier alpha value is -1.59. The molecule has 1 aliphatic rings. The molecule has 6 nitrogen and oxygen atoms in total. The van der Waals surface area contributed by atoms with Crippen molar-refractivity contribution in [3.63, 3.8) is 0 Å². The van der Waals surface area contributed by atoms with E-state index in [2.05, 4.69) is 15.4 Å². The predicted octanol–water partition coefficient (Wildman–Crippen LogP) is 0.661. The second kappa shape index (κ2) is 3.77. The molecule has 1 aromatic rings. The Kier molecular flexibility index (Phi) is 2.57. The number of rotatable bonds is 1. The second-order valence-electron chi connectivity index (χ2n) is 4.88. The average molecular weight is 224 g/mol. The molecular formula is C10H16N4O2. The molecule has 16 heavy (non-hydrogen) atoms. The van der Waals surface area contributed by atoms with Crippen molar-refractivity contribution in [2.45, 2.75) is 32.9 Å². The number of hydrogen-bond acceptors (Lipinski definition) is 5. The Balaban J connectivity index is 2.01. The number of anilines is 1. The summed E-state index contributed by atoms with van der Waals surface area (Å²) in [6.07, 6.45) is 1.47. The van der Waals surface area contributed by atoms with E-state index in [9.17, 15) is 4.79 Å². The van der Waals surface area contributed by atoms with Crippen molar-refractivity contribution < 1.29 is 9.53 Å². The van der Waals surface area contributed by atoms with Crippen LogP contribution in [0.25, 0.3) is 0 Å². The molecule has 0 spiro atoms. The van der Waals surface area contributed by atoms with Crippen LogP contribution in [0.15, 0.2) is 6.33 Å². The van der Waals surface area contributed by atoms with Gasteiger partial charge in [-0.1, -0.05) is 0 Å². The van der Waals surface area contributed by atoms with Crippen LogP contribution in [0.5, 0.6) is 0 Å². The van der Waals surface area contributed by atoms with Gasteiger partial charge >= 0.3 is 5.97 Å². The van der Waals surface area contributed by atoms with Gasteiger partial charge in [0.25, 0.3) is 0 Å². The maximum Gasteiger partial charge on any atom is 0.313 e. The van der Waals surface area contributed by atoms with Gasteiger partial charge in [0.05, 0.1) is 12.5 Å². The van der Waals surface area contributed by atoms with E-state index in [1.54, 1.807) is 4.68 Å². The van der Waals surface area contributed by atoms with E-state index < -0.39 is 5.60 Å². The van der Waals surface area contributed by atoms with Gasteiger partial charge in [0.15, 0.2) is 0 Å². The lowest BCUT2D eigenvalue weighted by Gasteiger charge is -2.26. The van der Waals surface area contributed by atoms with Crippen molar-refractivity contribution in [3.05, 3.63) is 6.33 Å². The van der Waals surface area contributed by atoms with Crippen molar-refractivity contribution in [1.29, 1.82) is 0 Å². The molecule has 2 rings (SSSR count). The molecule has 0 fully saturated rings. The standard InChI is InChI=1S/C10H16N4O2/c1-10(2,3)16-8(15)7-4-11-9-12-6-13-14(9)5-7/h6-7H,4-5H2,1-3H3,(H,11,12,13). The fraction of sp³-hybridized carbons (Fsp3) is 0.700. The highest BCUT2D eigenvalue weighted by atomic mass is 16.6. The third kappa shape index (κ3) is 2.32. The molecule has 1 N–H and O–H groups in total. The van der Waals surface area contributed by atoms with Gasteiger partial charge in [0, 0.05) is 6.54 Å². The quantitative estimate of drug-likeness (QED) is 0.710. The molecule has 0 bridgehead atoms. The molecule has 1 unspecified atom stereocenters. The molecule has 0 saturated carbocycles. The van der Waals surface area contributed by atoms with Gasteiger partial charge in [0.1, 0.15) is 11.9 Å². The first-order valence-electron chi connectivity index (χ1n) is 5.30. The van der Waals surface area contributed by atoms with Crippen LogP contribution in [0.1, 0.15) is 20.8 Å². The first-order valence-corrected chi connectivity index (χ1v) is 5.30. The number of hydrogen-bond donors (Lipinski definition) is 1. The molecule has 1 atom stereocenters. The monoisotopic (exact) mass is 224 g/mol. The van der Waals surface area contributed by atoms with E-state index >= 15 is 0 Å². The zero-order valence-electron chi connectivity index (χ0n) is 9.73. The molecule has 1 aliphatic heterocycles. The number of carbonyl (C=O) groups excluding carboxylic acids is 1. The minimum absolute atomic E-state index is 0.193. The molecule has 1 aromatic heterocycles. The summed E-state index contributed by atoms with van der Waals surface area (Å²) in [6.45, 7) is 6.66. The van der Waals surface area contributed by atoms with Crippen molar-refractivity contribution in [2.24, 2.45) is 5.92 Å². The fourth-order valence-electron chi connectivity index (χ4n) is 1.57. The Morgan fingerprint density at radius 3 is 3.06 bits per heavy atom. The highest BCUT2D eigenvalue weighted by Gasteiger charge is 2.29. The lowest BCUT2D eigenvalue weighted by atomic mass is 10.1. The SMILES string of the molecule is CC(C)(C)OC(=O)C1CNc2ncnn2C1. The Labute approximate surface area is 94.0 Å². The number of carbonyl (C=O) groups is 1. The van der Waals surface area contributed by atoms with E-state index in [0.717, 1.165) is 0 Å². The predicted molar refractivity (Wildman–Crippen MR) is 57.8 cm³/mol. The van der Waals surface area contributed by atoms with Crippen LogP contribution in [0.2, 0.25) is 0 Å². The Morgan fingerprint density at radius 1 is 1.62 bits per heavy atom. The lowest BCUT2D eigenvalue weighted by Crippen LogP contribution is -2.38. The van der Waals surface area contributed by atoms with Crippen LogP contribution in [-0.4, -0.2) is 32.9 Å². The summed E-state index contributed by atoms with van der Waals surface area (Å²) in [5.74, 6) is 0.314. The zero-order valence-corrected chi connectivity index (χ0v) is 9.73. The van der Waals surface area contributed by atoms with Gasteiger partial charge in [-0.15, -0.1) is 0 Å². The minimum Gasteiger partial charge on any atom is -0.460 e. The van der Waals surface area contributed by atoms with Crippen LogP contribution >= 0.6 is 0 Å². The fourth-order valence-corrected chi connectivity index (χ4v) is 1.57. The highest BCUT2D eigenvalue weighted by Crippen LogP contribution is 2.18. The summed E-state index contributed by atoms with van der Waals surface area (Å²) in [5, 5.41) is 7.07. The van der Waals surface area contributed by atoms with Gasteiger partial charge in [-0.3, -0.25) is 4.79 Å². The molecule has 0 amide bonds. The van der Waals surface area contributed by atoms with Crippen LogP contribution < -0.4 is 5.32 Å². The van der Waals surface area contributed by atoms with Crippen LogP contribution in [0.4, 0.5) is 5.95 Å². The largest absolute Gasteiger partial charge is 0.460 e. The van der Waals surface area contributed by atoms with Crippen molar-refractivity contribution in [3.8, 4) is 0 Å². The molecule has 88 valence electrons. The average Bonchev–Trinajstić information content (AvgIpc) is 2.61. The summed E-state index contributed by atoms with van der Waals surface area (Å²) in [4.78, 5) is 15.8. The van der Waals surface area contributed by atoms with E-state index in [0.29, 0.717) is 19.0 Å². The third-order valence-electron chi connectivity index (χ3n) is 2.26. The molecular weight excluding hydrogens is 208 g/mol. The molecule has 0 saturated heterocycles. The second-order valence-corrected chi connectivity index (χ2v) is 4.88. The zero-order chi connectivity index (χ0) is 11.8. The molecule has 2 heterocycles. The maximum atomic E-state index is 11.8. The summed E-state index contributed by atoms with van der Waals surface area (Å²) >= 11 is 0. The van der Waals surface area contributed by atoms with Gasteiger partial charge < -0.3 is 10.1 Å². The van der Waals surface area contributed by atoms with Crippen molar-refractivity contribution in [2.75, 3.05) is 11.9 Å². The molecule has 0 aromatic carbocycles. The maximum absolute atomic E-state index is 11.8. The summed E-state index contributed by atoms with van der Waals surface area (Å²) in [6, 6.07) is 0. The summed E-state index contributed by atoms with van der Waals surface area (Å²) in [7, 11) is 0. The minimum atomic E-state index is -0.445. The first kappa shape index (κ1) is 10.9. The number of esters is 1. The molecule has 0 aliphatic carbocycles. The van der Waals surface area contributed by atoms with Gasteiger partial charge in [0.2, 0.25) is 5.95 Å². The van der Waals surface area contributed by atoms with Crippen LogP contribution in [0.3, 0.4) is 0 Å². The normalized spacial score (nSPS) is 19.8. The third-order valence-corrected chi connectivity index (χ3v) is 2.26. The van der Waals surface area contributed by atoms with Gasteiger partial charge in [-0.05, 0) is 20.8 Å². The lowest BCUT2D eigenvalue weighted by molar-refractivity contribution is -0.160. The Morgan fingerprint density at radius 2 is 2.38 bits per heavy atom. The van der Waals surface area contributed by atoms with Gasteiger partial charge in [-0.2, -0.15) is 10.1 Å². The van der Waals surface area contributed by atoms with Crippen LogP contribution in [-0.2, 0) is 16.1 Å². The highest BCUT2D eigenvalue weighted by molar-refractivity contribution is 5.73. The van der Waals surface area contributed by atoms with E-state index in [4.69, 9.17) is 4.74 Å². The number of nitrogens with one attached hydrogen (secondary N) is 1. The van der Waals surface area contributed by atoms with Crippen LogP contribution in [0, 0.1) is 5.92 Å². The smallest absolute Gasteiger partial charge is 0.313 e.